The third kappa shape index (κ3) is 5.53. The highest BCUT2D eigenvalue weighted by molar-refractivity contribution is 5.95. The van der Waals surface area contributed by atoms with E-state index in [1.54, 1.807) is 44.2 Å². The van der Waals surface area contributed by atoms with Crippen LogP contribution < -0.4 is 10.6 Å². The first-order chi connectivity index (χ1) is 14.6. The molecule has 2 N–H and O–H groups in total. The SMILES string of the molecule is CC(C)C(NC(=O)c1ccco1)C(=O)NCc1ccc(-n2ccc(C(F)(F)F)n2)cc1. The predicted molar refractivity (Wildman–Crippen MR) is 105 cm³/mol. The maximum atomic E-state index is 12.7. The van der Waals surface area contributed by atoms with Crippen LogP contribution in [0.25, 0.3) is 5.69 Å². The highest BCUT2D eigenvalue weighted by Gasteiger charge is 2.33. The van der Waals surface area contributed by atoms with Crippen molar-refractivity contribution in [2.24, 2.45) is 5.92 Å². The summed E-state index contributed by atoms with van der Waals surface area (Å²) in [5, 5.41) is 8.93. The highest BCUT2D eigenvalue weighted by Crippen LogP contribution is 2.27. The first-order valence-electron chi connectivity index (χ1n) is 9.49. The van der Waals surface area contributed by atoms with Gasteiger partial charge in [0.1, 0.15) is 6.04 Å². The number of furan rings is 1. The van der Waals surface area contributed by atoms with Gasteiger partial charge in [0.25, 0.3) is 5.91 Å². The minimum absolute atomic E-state index is 0.112. The first-order valence-corrected chi connectivity index (χ1v) is 9.49. The van der Waals surface area contributed by atoms with E-state index in [4.69, 9.17) is 4.42 Å². The Balaban J connectivity index is 1.60. The molecule has 0 bridgehead atoms. The van der Waals surface area contributed by atoms with E-state index in [1.807, 2.05) is 0 Å². The van der Waals surface area contributed by atoms with Gasteiger partial charge in [-0.15, -0.1) is 0 Å². The monoisotopic (exact) mass is 434 g/mol. The average molecular weight is 434 g/mol. The average Bonchev–Trinajstić information content (AvgIpc) is 3.42. The van der Waals surface area contributed by atoms with Crippen molar-refractivity contribution in [1.29, 1.82) is 0 Å². The molecule has 3 aromatic rings. The minimum atomic E-state index is -4.51. The number of rotatable bonds is 7. The minimum Gasteiger partial charge on any atom is -0.459 e. The maximum Gasteiger partial charge on any atom is 0.435 e. The smallest absolute Gasteiger partial charge is 0.435 e. The predicted octanol–water partition coefficient (Wildman–Crippen LogP) is 3.55. The van der Waals surface area contributed by atoms with Crippen LogP contribution in [0.5, 0.6) is 0 Å². The Kier molecular flexibility index (Phi) is 6.47. The van der Waals surface area contributed by atoms with Gasteiger partial charge in [0.15, 0.2) is 11.5 Å². The number of nitrogens with one attached hydrogen (secondary N) is 2. The number of aromatic nitrogens is 2. The summed E-state index contributed by atoms with van der Waals surface area (Å²) in [5.74, 6) is -0.896. The van der Waals surface area contributed by atoms with Gasteiger partial charge in [-0.1, -0.05) is 26.0 Å². The second kappa shape index (κ2) is 9.07. The van der Waals surface area contributed by atoms with Crippen molar-refractivity contribution in [2.45, 2.75) is 32.6 Å². The Labute approximate surface area is 176 Å². The molecule has 2 amide bonds. The van der Waals surface area contributed by atoms with Crippen molar-refractivity contribution in [1.82, 2.24) is 20.4 Å². The molecule has 0 aliphatic carbocycles. The molecule has 2 heterocycles. The van der Waals surface area contributed by atoms with E-state index in [0.717, 1.165) is 16.3 Å². The molecule has 1 aromatic carbocycles. The quantitative estimate of drug-likeness (QED) is 0.595. The normalized spacial score (nSPS) is 12.6. The summed E-state index contributed by atoms with van der Waals surface area (Å²) in [6.45, 7) is 3.80. The molecule has 0 saturated carbocycles. The molecular formula is C21H21F3N4O3. The summed E-state index contributed by atoms with van der Waals surface area (Å²) < 4.78 is 44.2. The van der Waals surface area contributed by atoms with Crippen LogP contribution in [0, 0.1) is 5.92 Å². The summed E-state index contributed by atoms with van der Waals surface area (Å²) in [7, 11) is 0. The molecule has 0 fully saturated rings. The topological polar surface area (TPSA) is 89.2 Å². The van der Waals surface area contributed by atoms with E-state index in [9.17, 15) is 22.8 Å². The third-order valence-corrected chi connectivity index (χ3v) is 4.53. The molecule has 0 spiro atoms. The van der Waals surface area contributed by atoms with Crippen molar-refractivity contribution >= 4 is 11.8 Å². The van der Waals surface area contributed by atoms with Crippen LogP contribution in [0.2, 0.25) is 0 Å². The molecule has 164 valence electrons. The van der Waals surface area contributed by atoms with Gasteiger partial charge in [0, 0.05) is 12.7 Å². The third-order valence-electron chi connectivity index (χ3n) is 4.53. The number of amides is 2. The lowest BCUT2D eigenvalue weighted by atomic mass is 10.0. The van der Waals surface area contributed by atoms with E-state index in [2.05, 4.69) is 15.7 Å². The Bertz CT molecular complexity index is 1030. The Morgan fingerprint density at radius 2 is 1.84 bits per heavy atom. The number of hydrogen-bond acceptors (Lipinski definition) is 4. The van der Waals surface area contributed by atoms with Crippen molar-refractivity contribution in [3.05, 3.63) is 71.9 Å². The van der Waals surface area contributed by atoms with E-state index in [0.29, 0.717) is 5.69 Å². The fourth-order valence-corrected chi connectivity index (χ4v) is 2.84. The van der Waals surface area contributed by atoms with Crippen molar-refractivity contribution < 1.29 is 27.2 Å². The van der Waals surface area contributed by atoms with E-state index < -0.39 is 23.8 Å². The standard InChI is InChI=1S/C21H21F3N4O3/c1-13(2)18(26-19(29)16-4-3-11-31-16)20(30)25-12-14-5-7-15(8-6-14)28-10-9-17(27-28)21(22,23)24/h3-11,13,18H,12H2,1-2H3,(H,25,30)(H,26,29). The molecule has 2 aromatic heterocycles. The Morgan fingerprint density at radius 1 is 1.13 bits per heavy atom. The van der Waals surface area contributed by atoms with Gasteiger partial charge in [0.05, 0.1) is 12.0 Å². The Morgan fingerprint density at radius 3 is 2.39 bits per heavy atom. The second-order valence-corrected chi connectivity index (χ2v) is 7.20. The van der Waals surface area contributed by atoms with Crippen LogP contribution in [0.3, 0.4) is 0 Å². The van der Waals surface area contributed by atoms with Crippen LogP contribution in [0.1, 0.15) is 35.7 Å². The maximum absolute atomic E-state index is 12.7. The summed E-state index contributed by atoms with van der Waals surface area (Å²) in [6.07, 6.45) is -1.90. The number of carbonyl (C=O) groups excluding carboxylic acids is 2. The van der Waals surface area contributed by atoms with Crippen LogP contribution in [0.4, 0.5) is 13.2 Å². The summed E-state index contributed by atoms with van der Waals surface area (Å²) in [6, 6.07) is 9.78. The van der Waals surface area contributed by atoms with Crippen molar-refractivity contribution in [2.75, 3.05) is 0 Å². The summed E-state index contributed by atoms with van der Waals surface area (Å²) >= 11 is 0. The molecule has 3 rings (SSSR count). The van der Waals surface area contributed by atoms with Gasteiger partial charge < -0.3 is 15.1 Å². The number of hydrogen-bond donors (Lipinski definition) is 2. The largest absolute Gasteiger partial charge is 0.459 e. The van der Waals surface area contributed by atoms with Gasteiger partial charge >= 0.3 is 6.18 Å². The summed E-state index contributed by atoms with van der Waals surface area (Å²) in [4.78, 5) is 24.7. The lowest BCUT2D eigenvalue weighted by Crippen LogP contribution is -2.49. The highest BCUT2D eigenvalue weighted by atomic mass is 19.4. The zero-order valence-electron chi connectivity index (χ0n) is 16.8. The van der Waals surface area contributed by atoms with Gasteiger partial charge in [-0.25, -0.2) is 4.68 Å². The fraction of sp³-hybridized carbons (Fsp3) is 0.286. The number of nitrogens with zero attached hydrogens (tertiary/aromatic N) is 2. The lowest BCUT2D eigenvalue weighted by molar-refractivity contribution is -0.141. The molecule has 0 aliphatic rings. The van der Waals surface area contributed by atoms with Gasteiger partial charge in [0.2, 0.25) is 5.91 Å². The van der Waals surface area contributed by atoms with E-state index >= 15 is 0 Å². The van der Waals surface area contributed by atoms with Crippen LogP contribution >= 0.6 is 0 Å². The van der Waals surface area contributed by atoms with Crippen molar-refractivity contribution in [3.8, 4) is 5.69 Å². The molecule has 0 saturated heterocycles. The van der Waals surface area contributed by atoms with Crippen LogP contribution in [-0.4, -0.2) is 27.6 Å². The van der Waals surface area contributed by atoms with Gasteiger partial charge in [-0.2, -0.15) is 18.3 Å². The first kappa shape index (κ1) is 22.1. The Hall–Kier alpha value is -3.56. The zero-order valence-corrected chi connectivity index (χ0v) is 16.8. The number of benzene rings is 1. The molecule has 31 heavy (non-hydrogen) atoms. The second-order valence-electron chi connectivity index (χ2n) is 7.20. The number of carbonyl (C=O) groups is 2. The molecule has 0 radical (unpaired) electrons. The number of alkyl halides is 3. The summed E-state index contributed by atoms with van der Waals surface area (Å²) in [5.41, 5.74) is 0.219. The van der Waals surface area contributed by atoms with E-state index in [1.165, 1.54) is 18.5 Å². The van der Waals surface area contributed by atoms with Crippen molar-refractivity contribution in [3.63, 3.8) is 0 Å². The number of halogens is 3. The molecule has 1 atom stereocenters. The molecule has 7 nitrogen and oxygen atoms in total. The molecule has 10 heteroatoms. The van der Waals surface area contributed by atoms with E-state index in [-0.39, 0.29) is 24.1 Å². The van der Waals surface area contributed by atoms with Crippen LogP contribution in [-0.2, 0) is 17.5 Å². The van der Waals surface area contributed by atoms with Crippen LogP contribution in [0.15, 0.2) is 59.3 Å². The molecule has 0 aliphatic heterocycles. The fourth-order valence-electron chi connectivity index (χ4n) is 2.84. The van der Waals surface area contributed by atoms with Gasteiger partial charge in [-0.05, 0) is 41.8 Å². The molecule has 1 unspecified atom stereocenters. The van der Waals surface area contributed by atoms with Gasteiger partial charge in [-0.3, -0.25) is 9.59 Å². The lowest BCUT2D eigenvalue weighted by Gasteiger charge is -2.21. The zero-order chi connectivity index (χ0) is 22.6. The molecular weight excluding hydrogens is 413 g/mol.